The third-order valence-corrected chi connectivity index (χ3v) is 2.75. The number of nitrogens with one attached hydrogen (secondary N) is 2. The van der Waals surface area contributed by atoms with Crippen LogP contribution in [-0.4, -0.2) is 23.7 Å². The average molecular weight is 264 g/mol. The van der Waals surface area contributed by atoms with Gasteiger partial charge < -0.3 is 15.7 Å². The lowest BCUT2D eigenvalue weighted by Gasteiger charge is -2.11. The van der Waals surface area contributed by atoms with Crippen LogP contribution in [0.2, 0.25) is 0 Å². The molecule has 1 rings (SSSR count). The molecule has 0 aliphatic carbocycles. The topological polar surface area (TPSA) is 78.4 Å². The van der Waals surface area contributed by atoms with E-state index in [2.05, 4.69) is 10.6 Å². The van der Waals surface area contributed by atoms with Gasteiger partial charge in [-0.3, -0.25) is 4.79 Å². The van der Waals surface area contributed by atoms with Crippen molar-refractivity contribution in [2.45, 2.75) is 32.6 Å². The normalized spacial score (nSPS) is 11.7. The minimum atomic E-state index is -0.811. The molecule has 1 atom stereocenters. The van der Waals surface area contributed by atoms with E-state index >= 15 is 0 Å². The zero-order chi connectivity index (χ0) is 14.3. The monoisotopic (exact) mass is 264 g/mol. The second-order valence-electron chi connectivity index (χ2n) is 4.50. The van der Waals surface area contributed by atoms with Gasteiger partial charge in [0.1, 0.15) is 0 Å². The standard InChI is InChI=1S/C14H20N2O3/c1-3-8-15-14(19)16-12-6-4-11(5-7-12)10(2)9-13(17)18/h4-7,10H,3,8-9H2,1-2H3,(H,17,18)(H2,15,16,19). The van der Waals surface area contributed by atoms with E-state index in [9.17, 15) is 9.59 Å². The Balaban J connectivity index is 2.56. The maximum Gasteiger partial charge on any atom is 0.319 e. The molecule has 0 bridgehead atoms. The van der Waals surface area contributed by atoms with Crippen LogP contribution >= 0.6 is 0 Å². The highest BCUT2D eigenvalue weighted by atomic mass is 16.4. The van der Waals surface area contributed by atoms with Crippen molar-refractivity contribution in [3.05, 3.63) is 29.8 Å². The second-order valence-corrected chi connectivity index (χ2v) is 4.50. The molecule has 0 radical (unpaired) electrons. The van der Waals surface area contributed by atoms with E-state index in [-0.39, 0.29) is 18.4 Å². The van der Waals surface area contributed by atoms with Crippen LogP contribution in [0.1, 0.15) is 38.2 Å². The Morgan fingerprint density at radius 3 is 2.42 bits per heavy atom. The van der Waals surface area contributed by atoms with E-state index in [1.165, 1.54) is 0 Å². The number of urea groups is 1. The molecule has 0 aliphatic heterocycles. The highest BCUT2D eigenvalue weighted by Crippen LogP contribution is 2.20. The van der Waals surface area contributed by atoms with Crippen molar-refractivity contribution in [3.63, 3.8) is 0 Å². The quantitative estimate of drug-likeness (QED) is 0.739. The number of hydrogen-bond acceptors (Lipinski definition) is 2. The van der Waals surface area contributed by atoms with Crippen LogP contribution in [0.25, 0.3) is 0 Å². The molecule has 0 saturated carbocycles. The van der Waals surface area contributed by atoms with E-state index in [0.29, 0.717) is 12.2 Å². The summed E-state index contributed by atoms with van der Waals surface area (Å²) >= 11 is 0. The Hall–Kier alpha value is -2.04. The van der Waals surface area contributed by atoms with Crippen LogP contribution in [0, 0.1) is 0 Å². The molecule has 0 spiro atoms. The highest BCUT2D eigenvalue weighted by molar-refractivity contribution is 5.89. The molecule has 0 aromatic heterocycles. The molecule has 1 aromatic rings. The van der Waals surface area contributed by atoms with Crippen LogP contribution in [0.5, 0.6) is 0 Å². The molecule has 2 amide bonds. The van der Waals surface area contributed by atoms with Crippen molar-refractivity contribution in [2.24, 2.45) is 0 Å². The molecule has 5 heteroatoms. The van der Waals surface area contributed by atoms with Gasteiger partial charge in [-0.1, -0.05) is 26.0 Å². The van der Waals surface area contributed by atoms with Gasteiger partial charge >= 0.3 is 12.0 Å². The molecular weight excluding hydrogens is 244 g/mol. The minimum absolute atomic E-state index is 0.0412. The van der Waals surface area contributed by atoms with Gasteiger partial charge in [-0.05, 0) is 30.0 Å². The van der Waals surface area contributed by atoms with E-state index in [1.54, 1.807) is 12.1 Å². The number of carboxylic acid groups (broad SMARTS) is 1. The largest absolute Gasteiger partial charge is 0.481 e. The fourth-order valence-electron chi connectivity index (χ4n) is 1.69. The molecule has 104 valence electrons. The third-order valence-electron chi connectivity index (χ3n) is 2.75. The van der Waals surface area contributed by atoms with Gasteiger partial charge in [0.2, 0.25) is 0 Å². The summed E-state index contributed by atoms with van der Waals surface area (Å²) in [6.45, 7) is 4.49. The number of anilines is 1. The van der Waals surface area contributed by atoms with E-state index in [4.69, 9.17) is 5.11 Å². The minimum Gasteiger partial charge on any atom is -0.481 e. The SMILES string of the molecule is CCCNC(=O)Nc1ccc(C(C)CC(=O)O)cc1. The first kappa shape index (κ1) is 15.0. The molecule has 0 heterocycles. The number of rotatable bonds is 6. The number of aliphatic carboxylic acids is 1. The van der Waals surface area contributed by atoms with Gasteiger partial charge in [-0.25, -0.2) is 4.79 Å². The van der Waals surface area contributed by atoms with Gasteiger partial charge in [0.15, 0.2) is 0 Å². The molecule has 19 heavy (non-hydrogen) atoms. The van der Waals surface area contributed by atoms with Crippen LogP contribution in [-0.2, 0) is 4.79 Å². The van der Waals surface area contributed by atoms with Crippen molar-refractivity contribution >= 4 is 17.7 Å². The highest BCUT2D eigenvalue weighted by Gasteiger charge is 2.10. The van der Waals surface area contributed by atoms with Gasteiger partial charge in [-0.2, -0.15) is 0 Å². The zero-order valence-electron chi connectivity index (χ0n) is 11.3. The van der Waals surface area contributed by atoms with Crippen LogP contribution in [0.4, 0.5) is 10.5 Å². The molecular formula is C14H20N2O3. The Kier molecular flexibility index (Phi) is 5.85. The number of carboxylic acids is 1. The molecule has 3 N–H and O–H groups in total. The number of carbonyl (C=O) groups excluding carboxylic acids is 1. The Morgan fingerprint density at radius 2 is 1.89 bits per heavy atom. The van der Waals surface area contributed by atoms with E-state index in [1.807, 2.05) is 26.0 Å². The summed E-state index contributed by atoms with van der Waals surface area (Å²) in [6, 6.07) is 7.00. The Morgan fingerprint density at radius 1 is 1.26 bits per heavy atom. The molecule has 5 nitrogen and oxygen atoms in total. The van der Waals surface area contributed by atoms with E-state index < -0.39 is 5.97 Å². The summed E-state index contributed by atoms with van der Waals surface area (Å²) in [5.74, 6) is -0.853. The van der Waals surface area contributed by atoms with Crippen molar-refractivity contribution in [3.8, 4) is 0 Å². The fourth-order valence-corrected chi connectivity index (χ4v) is 1.69. The fraction of sp³-hybridized carbons (Fsp3) is 0.429. The van der Waals surface area contributed by atoms with Crippen LogP contribution in [0.15, 0.2) is 24.3 Å². The van der Waals surface area contributed by atoms with Crippen molar-refractivity contribution in [2.75, 3.05) is 11.9 Å². The average Bonchev–Trinajstić information content (AvgIpc) is 2.36. The lowest BCUT2D eigenvalue weighted by Crippen LogP contribution is -2.29. The first-order chi connectivity index (χ1) is 9.02. The van der Waals surface area contributed by atoms with E-state index in [0.717, 1.165) is 12.0 Å². The number of benzene rings is 1. The lowest BCUT2D eigenvalue weighted by molar-refractivity contribution is -0.137. The predicted molar refractivity (Wildman–Crippen MR) is 74.4 cm³/mol. The summed E-state index contributed by atoms with van der Waals surface area (Å²) in [5.41, 5.74) is 1.64. The first-order valence-corrected chi connectivity index (χ1v) is 6.39. The molecule has 1 aromatic carbocycles. The summed E-state index contributed by atoms with van der Waals surface area (Å²) in [5, 5.41) is 14.2. The maximum absolute atomic E-state index is 11.4. The third kappa shape index (κ3) is 5.42. The lowest BCUT2D eigenvalue weighted by atomic mass is 9.98. The second kappa shape index (κ2) is 7.41. The molecule has 0 saturated heterocycles. The van der Waals surface area contributed by atoms with Crippen molar-refractivity contribution in [1.29, 1.82) is 0 Å². The van der Waals surface area contributed by atoms with Gasteiger partial charge in [0, 0.05) is 12.2 Å². The molecule has 0 fully saturated rings. The molecule has 0 aliphatic rings. The van der Waals surface area contributed by atoms with Crippen LogP contribution < -0.4 is 10.6 Å². The van der Waals surface area contributed by atoms with Crippen LogP contribution in [0.3, 0.4) is 0 Å². The number of carbonyl (C=O) groups is 2. The summed E-state index contributed by atoms with van der Waals surface area (Å²) < 4.78 is 0. The summed E-state index contributed by atoms with van der Waals surface area (Å²) in [4.78, 5) is 22.1. The molecule has 1 unspecified atom stereocenters. The van der Waals surface area contributed by atoms with Gasteiger partial charge in [0.05, 0.1) is 6.42 Å². The zero-order valence-corrected chi connectivity index (χ0v) is 11.3. The van der Waals surface area contributed by atoms with Gasteiger partial charge in [0.25, 0.3) is 0 Å². The predicted octanol–water partition coefficient (Wildman–Crippen LogP) is 2.80. The Bertz CT molecular complexity index is 429. The van der Waals surface area contributed by atoms with Crippen molar-refractivity contribution < 1.29 is 14.7 Å². The van der Waals surface area contributed by atoms with Gasteiger partial charge in [-0.15, -0.1) is 0 Å². The maximum atomic E-state index is 11.4. The number of hydrogen-bond donors (Lipinski definition) is 3. The Labute approximate surface area is 113 Å². The van der Waals surface area contributed by atoms with Crippen molar-refractivity contribution in [1.82, 2.24) is 5.32 Å². The summed E-state index contributed by atoms with van der Waals surface area (Å²) in [7, 11) is 0. The number of amides is 2. The first-order valence-electron chi connectivity index (χ1n) is 6.39. The smallest absolute Gasteiger partial charge is 0.319 e. The summed E-state index contributed by atoms with van der Waals surface area (Å²) in [6.07, 6.45) is 0.989.